The lowest BCUT2D eigenvalue weighted by atomic mass is 9.92. The standard InChI is InChI=1S/C15H20BrNO2/c1-10(2)13(16)9-17-15(18)12-7-8-19-14-6-4-3-5-11(12)14/h3-6,10,12-13H,7-9H2,1-2H3,(H,17,18). The number of fused-ring (bicyclic) bond motifs is 1. The van der Waals surface area contributed by atoms with Crippen molar-refractivity contribution in [2.24, 2.45) is 5.92 Å². The Bertz CT molecular complexity index is 448. The molecule has 1 aromatic rings. The summed E-state index contributed by atoms with van der Waals surface area (Å²) in [6.45, 7) is 5.54. The van der Waals surface area contributed by atoms with E-state index in [9.17, 15) is 4.79 Å². The summed E-state index contributed by atoms with van der Waals surface area (Å²) in [6.07, 6.45) is 0.747. The van der Waals surface area contributed by atoms with Crippen LogP contribution in [0.1, 0.15) is 31.7 Å². The quantitative estimate of drug-likeness (QED) is 0.864. The van der Waals surface area contributed by atoms with E-state index in [0.717, 1.165) is 17.7 Å². The zero-order valence-electron chi connectivity index (χ0n) is 11.4. The van der Waals surface area contributed by atoms with Crippen molar-refractivity contribution in [3.05, 3.63) is 29.8 Å². The maximum absolute atomic E-state index is 12.3. The van der Waals surface area contributed by atoms with Crippen LogP contribution in [0.4, 0.5) is 0 Å². The first-order valence-corrected chi connectivity index (χ1v) is 7.64. The maximum atomic E-state index is 12.3. The molecule has 0 fully saturated rings. The first-order valence-electron chi connectivity index (χ1n) is 6.73. The van der Waals surface area contributed by atoms with Crippen LogP contribution in [0.5, 0.6) is 5.75 Å². The molecular formula is C15H20BrNO2. The lowest BCUT2D eigenvalue weighted by molar-refractivity contribution is -0.123. The third-order valence-corrected chi connectivity index (χ3v) is 4.85. The van der Waals surface area contributed by atoms with Gasteiger partial charge in [0.15, 0.2) is 0 Å². The predicted octanol–water partition coefficient (Wildman–Crippen LogP) is 3.09. The van der Waals surface area contributed by atoms with E-state index in [4.69, 9.17) is 4.74 Å². The van der Waals surface area contributed by atoms with Gasteiger partial charge in [-0.3, -0.25) is 4.79 Å². The van der Waals surface area contributed by atoms with E-state index in [1.54, 1.807) is 0 Å². The van der Waals surface area contributed by atoms with Crippen LogP contribution < -0.4 is 10.1 Å². The number of halogens is 1. The van der Waals surface area contributed by atoms with E-state index < -0.39 is 0 Å². The summed E-state index contributed by atoms with van der Waals surface area (Å²) in [5.74, 6) is 1.35. The zero-order valence-corrected chi connectivity index (χ0v) is 12.9. The number of nitrogens with one attached hydrogen (secondary N) is 1. The second kappa shape index (κ2) is 6.42. The number of hydrogen-bond acceptors (Lipinski definition) is 2. The average Bonchev–Trinajstić information content (AvgIpc) is 2.43. The normalized spacial score (nSPS) is 19.5. The van der Waals surface area contributed by atoms with Gasteiger partial charge in [0.05, 0.1) is 12.5 Å². The van der Waals surface area contributed by atoms with E-state index in [1.807, 2.05) is 24.3 Å². The van der Waals surface area contributed by atoms with Gasteiger partial charge in [0.25, 0.3) is 0 Å². The number of rotatable bonds is 4. The van der Waals surface area contributed by atoms with Crippen LogP contribution in [-0.4, -0.2) is 23.9 Å². The number of carbonyl (C=O) groups is 1. The summed E-state index contributed by atoms with van der Waals surface area (Å²) in [7, 11) is 0. The number of para-hydroxylation sites is 1. The van der Waals surface area contributed by atoms with Crippen molar-refractivity contribution >= 4 is 21.8 Å². The van der Waals surface area contributed by atoms with Gasteiger partial charge in [0, 0.05) is 16.9 Å². The molecule has 2 rings (SSSR count). The van der Waals surface area contributed by atoms with Crippen molar-refractivity contribution in [1.82, 2.24) is 5.32 Å². The fraction of sp³-hybridized carbons (Fsp3) is 0.533. The highest BCUT2D eigenvalue weighted by Gasteiger charge is 2.27. The Morgan fingerprint density at radius 3 is 2.95 bits per heavy atom. The van der Waals surface area contributed by atoms with Crippen LogP contribution >= 0.6 is 15.9 Å². The van der Waals surface area contributed by atoms with Gasteiger partial charge in [0.2, 0.25) is 5.91 Å². The topological polar surface area (TPSA) is 38.3 Å². The number of benzene rings is 1. The monoisotopic (exact) mass is 325 g/mol. The Morgan fingerprint density at radius 2 is 2.21 bits per heavy atom. The average molecular weight is 326 g/mol. The minimum Gasteiger partial charge on any atom is -0.493 e. The van der Waals surface area contributed by atoms with E-state index in [0.29, 0.717) is 23.9 Å². The van der Waals surface area contributed by atoms with Gasteiger partial charge >= 0.3 is 0 Å². The van der Waals surface area contributed by atoms with E-state index in [-0.39, 0.29) is 11.8 Å². The second-order valence-electron chi connectivity index (χ2n) is 5.23. The molecule has 2 unspecified atom stereocenters. The molecule has 1 N–H and O–H groups in total. The molecule has 1 amide bonds. The maximum Gasteiger partial charge on any atom is 0.227 e. The molecule has 2 atom stereocenters. The van der Waals surface area contributed by atoms with Crippen LogP contribution in [0.25, 0.3) is 0 Å². The molecule has 1 heterocycles. The molecule has 4 heteroatoms. The van der Waals surface area contributed by atoms with Crippen molar-refractivity contribution in [1.29, 1.82) is 0 Å². The molecule has 0 radical (unpaired) electrons. The van der Waals surface area contributed by atoms with Crippen LogP contribution in [-0.2, 0) is 4.79 Å². The molecule has 0 spiro atoms. The summed E-state index contributed by atoms with van der Waals surface area (Å²) < 4.78 is 5.58. The van der Waals surface area contributed by atoms with Crippen LogP contribution in [0.15, 0.2) is 24.3 Å². The van der Waals surface area contributed by atoms with Crippen molar-refractivity contribution in [3.8, 4) is 5.75 Å². The Morgan fingerprint density at radius 1 is 1.47 bits per heavy atom. The fourth-order valence-electron chi connectivity index (χ4n) is 2.17. The highest BCUT2D eigenvalue weighted by molar-refractivity contribution is 9.09. The molecule has 1 aliphatic rings. The van der Waals surface area contributed by atoms with Crippen LogP contribution in [0.2, 0.25) is 0 Å². The number of alkyl halides is 1. The summed E-state index contributed by atoms with van der Waals surface area (Å²) >= 11 is 3.59. The molecule has 0 bridgehead atoms. The molecular weight excluding hydrogens is 306 g/mol. The Balaban J connectivity index is 2.01. The smallest absolute Gasteiger partial charge is 0.227 e. The van der Waals surface area contributed by atoms with Gasteiger partial charge < -0.3 is 10.1 Å². The molecule has 0 saturated carbocycles. The highest BCUT2D eigenvalue weighted by Crippen LogP contribution is 2.33. The first kappa shape index (κ1) is 14.4. The Hall–Kier alpha value is -1.03. The predicted molar refractivity (Wildman–Crippen MR) is 79.9 cm³/mol. The number of amides is 1. The largest absolute Gasteiger partial charge is 0.493 e. The fourth-order valence-corrected chi connectivity index (χ4v) is 2.33. The van der Waals surface area contributed by atoms with Gasteiger partial charge in [-0.15, -0.1) is 0 Å². The number of carbonyl (C=O) groups excluding carboxylic acids is 1. The van der Waals surface area contributed by atoms with Gasteiger partial charge in [-0.05, 0) is 18.4 Å². The first-order chi connectivity index (χ1) is 9.09. The lowest BCUT2D eigenvalue weighted by Crippen LogP contribution is -2.36. The summed E-state index contributed by atoms with van der Waals surface area (Å²) in [6, 6.07) is 7.80. The number of ether oxygens (including phenoxy) is 1. The molecule has 19 heavy (non-hydrogen) atoms. The SMILES string of the molecule is CC(C)C(Br)CNC(=O)C1CCOc2ccccc21. The molecule has 104 valence electrons. The molecule has 1 aliphatic heterocycles. The van der Waals surface area contributed by atoms with Crippen LogP contribution in [0.3, 0.4) is 0 Å². The van der Waals surface area contributed by atoms with Crippen molar-refractivity contribution in [2.75, 3.05) is 13.2 Å². The third kappa shape index (κ3) is 3.50. The molecule has 1 aromatic carbocycles. The second-order valence-corrected chi connectivity index (χ2v) is 6.41. The highest BCUT2D eigenvalue weighted by atomic mass is 79.9. The van der Waals surface area contributed by atoms with Crippen molar-refractivity contribution in [2.45, 2.75) is 31.0 Å². The van der Waals surface area contributed by atoms with Crippen molar-refractivity contribution < 1.29 is 9.53 Å². The Kier molecular flexibility index (Phi) is 4.86. The van der Waals surface area contributed by atoms with E-state index in [1.165, 1.54) is 0 Å². The molecule has 3 nitrogen and oxygen atoms in total. The van der Waals surface area contributed by atoms with E-state index in [2.05, 4.69) is 35.1 Å². The Labute approximate surface area is 122 Å². The van der Waals surface area contributed by atoms with E-state index >= 15 is 0 Å². The summed E-state index contributed by atoms with van der Waals surface area (Å²) in [4.78, 5) is 12.6. The lowest BCUT2D eigenvalue weighted by Gasteiger charge is -2.25. The minimum absolute atomic E-state index is 0.0863. The molecule has 0 aromatic heterocycles. The zero-order chi connectivity index (χ0) is 13.8. The third-order valence-electron chi connectivity index (χ3n) is 3.47. The van der Waals surface area contributed by atoms with Crippen molar-refractivity contribution in [3.63, 3.8) is 0 Å². The van der Waals surface area contributed by atoms with Gasteiger partial charge in [-0.25, -0.2) is 0 Å². The van der Waals surface area contributed by atoms with Gasteiger partial charge in [-0.2, -0.15) is 0 Å². The summed E-state index contributed by atoms with van der Waals surface area (Å²) in [5, 5.41) is 3.03. The number of hydrogen-bond donors (Lipinski definition) is 1. The van der Waals surface area contributed by atoms with Crippen LogP contribution in [0, 0.1) is 5.92 Å². The van der Waals surface area contributed by atoms with Gasteiger partial charge in [-0.1, -0.05) is 48.0 Å². The minimum atomic E-state index is -0.0863. The molecule has 0 aliphatic carbocycles. The summed E-state index contributed by atoms with van der Waals surface area (Å²) in [5.41, 5.74) is 1.00. The molecule has 0 saturated heterocycles. The van der Waals surface area contributed by atoms with Gasteiger partial charge in [0.1, 0.15) is 5.75 Å².